The van der Waals surface area contributed by atoms with Gasteiger partial charge in [0.25, 0.3) is 16.1 Å². The van der Waals surface area contributed by atoms with Crippen LogP contribution in [0.5, 0.6) is 0 Å². The molecule has 0 aliphatic carbocycles. The summed E-state index contributed by atoms with van der Waals surface area (Å²) in [5.41, 5.74) is 3.48. The van der Waals surface area contributed by atoms with Gasteiger partial charge in [-0.05, 0) is 49.2 Å². The molecule has 2 fully saturated rings. The van der Waals surface area contributed by atoms with Gasteiger partial charge in [-0.15, -0.1) is 0 Å². The number of hydrogen-bond donors (Lipinski definition) is 0. The van der Waals surface area contributed by atoms with E-state index < -0.39 is 10.2 Å². The van der Waals surface area contributed by atoms with Crippen LogP contribution in [-0.2, 0) is 10.2 Å². The summed E-state index contributed by atoms with van der Waals surface area (Å²) in [6.45, 7) is 2.67. The summed E-state index contributed by atoms with van der Waals surface area (Å²) in [5, 5.41) is 0. The Morgan fingerprint density at radius 2 is 1.39 bits per heavy atom. The van der Waals surface area contributed by atoms with E-state index >= 15 is 0 Å². The molecule has 0 unspecified atom stereocenters. The maximum absolute atomic E-state index is 13.0. The molecule has 1 amide bonds. The third-order valence-corrected chi connectivity index (χ3v) is 8.62. The fourth-order valence-electron chi connectivity index (χ4n) is 4.67. The first-order valence-electron chi connectivity index (χ1n) is 11.6. The van der Waals surface area contributed by atoms with E-state index in [1.807, 2.05) is 53.1 Å². The molecule has 0 radical (unpaired) electrons. The molecule has 3 heterocycles. The quantitative estimate of drug-likeness (QED) is 0.591. The maximum atomic E-state index is 13.0. The summed E-state index contributed by atoms with van der Waals surface area (Å²) in [7, 11) is -3.45. The second-order valence-electron chi connectivity index (χ2n) is 8.66. The number of hydrogen-bond acceptors (Lipinski definition) is 4. The molecule has 2 aliphatic rings. The molecule has 1 aromatic heterocycles. The molecule has 2 aromatic carbocycles. The van der Waals surface area contributed by atoms with Crippen molar-refractivity contribution in [1.29, 1.82) is 0 Å². The second-order valence-corrected chi connectivity index (χ2v) is 10.6. The van der Waals surface area contributed by atoms with Gasteiger partial charge in [0.15, 0.2) is 0 Å². The van der Waals surface area contributed by atoms with E-state index in [0.717, 1.165) is 42.4 Å². The number of amides is 1. The number of piperazine rings is 1. The normalized spacial score (nSPS) is 19.0. The Kier molecular flexibility index (Phi) is 6.18. The zero-order valence-corrected chi connectivity index (χ0v) is 19.5. The summed E-state index contributed by atoms with van der Waals surface area (Å²) in [6, 6.07) is 15.4. The Morgan fingerprint density at radius 3 is 2.09 bits per heavy atom. The molecule has 0 spiro atoms. The molecule has 0 bridgehead atoms. The van der Waals surface area contributed by atoms with Gasteiger partial charge >= 0.3 is 0 Å². The highest BCUT2D eigenvalue weighted by atomic mass is 32.2. The molecule has 2 saturated heterocycles. The predicted molar refractivity (Wildman–Crippen MR) is 128 cm³/mol. The van der Waals surface area contributed by atoms with Crippen molar-refractivity contribution in [3.05, 3.63) is 60.4 Å². The number of para-hydroxylation sites is 2. The molecule has 0 N–H and O–H groups in total. The maximum Gasteiger partial charge on any atom is 0.282 e. The molecule has 174 valence electrons. The van der Waals surface area contributed by atoms with Crippen LogP contribution in [0.15, 0.2) is 54.9 Å². The van der Waals surface area contributed by atoms with E-state index in [2.05, 4.69) is 4.98 Å². The topological polar surface area (TPSA) is 78.8 Å². The summed E-state index contributed by atoms with van der Waals surface area (Å²) < 4.78 is 31.2. The van der Waals surface area contributed by atoms with Crippen LogP contribution in [0.1, 0.15) is 36.0 Å². The van der Waals surface area contributed by atoms with E-state index in [1.165, 1.54) is 4.31 Å². The average molecular weight is 468 g/mol. The zero-order chi connectivity index (χ0) is 22.8. The lowest BCUT2D eigenvalue weighted by molar-refractivity contribution is 0.0694. The number of imidazole rings is 1. The monoisotopic (exact) mass is 467 g/mol. The van der Waals surface area contributed by atoms with Crippen molar-refractivity contribution in [3.8, 4) is 5.69 Å². The van der Waals surface area contributed by atoms with Gasteiger partial charge in [-0.3, -0.25) is 9.36 Å². The summed E-state index contributed by atoms with van der Waals surface area (Å²) in [5.74, 6) is -0.0659. The Morgan fingerprint density at radius 1 is 0.758 bits per heavy atom. The van der Waals surface area contributed by atoms with Crippen LogP contribution in [0.25, 0.3) is 16.7 Å². The minimum absolute atomic E-state index is 0.0659. The van der Waals surface area contributed by atoms with Gasteiger partial charge < -0.3 is 4.90 Å². The molecule has 2 aliphatic heterocycles. The van der Waals surface area contributed by atoms with E-state index in [9.17, 15) is 13.2 Å². The first kappa shape index (κ1) is 22.1. The van der Waals surface area contributed by atoms with Crippen molar-refractivity contribution in [3.63, 3.8) is 0 Å². The summed E-state index contributed by atoms with van der Waals surface area (Å²) in [4.78, 5) is 19.2. The highest BCUT2D eigenvalue weighted by Gasteiger charge is 2.33. The molecule has 9 heteroatoms. The van der Waals surface area contributed by atoms with Crippen LogP contribution in [0, 0.1) is 0 Å². The first-order chi connectivity index (χ1) is 16.0. The van der Waals surface area contributed by atoms with E-state index in [1.54, 1.807) is 15.5 Å². The highest BCUT2D eigenvalue weighted by molar-refractivity contribution is 7.86. The lowest BCUT2D eigenvalue weighted by atomic mass is 10.1. The second kappa shape index (κ2) is 9.24. The molecular formula is C24H29N5O3S. The lowest BCUT2D eigenvalue weighted by Gasteiger charge is -2.36. The summed E-state index contributed by atoms with van der Waals surface area (Å²) >= 11 is 0. The van der Waals surface area contributed by atoms with Crippen molar-refractivity contribution in [1.82, 2.24) is 23.1 Å². The Bertz CT molecular complexity index is 1220. The minimum Gasteiger partial charge on any atom is -0.336 e. The minimum atomic E-state index is -3.45. The zero-order valence-electron chi connectivity index (χ0n) is 18.6. The lowest BCUT2D eigenvalue weighted by Crippen LogP contribution is -2.54. The van der Waals surface area contributed by atoms with Gasteiger partial charge in [-0.1, -0.05) is 25.0 Å². The van der Waals surface area contributed by atoms with Crippen LogP contribution in [-0.4, -0.2) is 76.7 Å². The molecule has 0 atom stereocenters. The third kappa shape index (κ3) is 4.40. The SMILES string of the molecule is O=C(c1ccc(-n2cnc3ccccc32)cc1)N1CCN(S(=O)(=O)N2CCCCCC2)CC1. The van der Waals surface area contributed by atoms with Crippen LogP contribution in [0.2, 0.25) is 0 Å². The molecule has 8 nitrogen and oxygen atoms in total. The van der Waals surface area contributed by atoms with Gasteiger partial charge in [0, 0.05) is 50.5 Å². The Labute approximate surface area is 194 Å². The number of aromatic nitrogens is 2. The number of carbonyl (C=O) groups excluding carboxylic acids is 1. The third-order valence-electron chi connectivity index (χ3n) is 6.59. The van der Waals surface area contributed by atoms with Gasteiger partial charge in [0.1, 0.15) is 6.33 Å². The van der Waals surface area contributed by atoms with Crippen LogP contribution < -0.4 is 0 Å². The van der Waals surface area contributed by atoms with Crippen molar-refractivity contribution in [2.24, 2.45) is 0 Å². The van der Waals surface area contributed by atoms with Crippen molar-refractivity contribution >= 4 is 27.1 Å². The van der Waals surface area contributed by atoms with Gasteiger partial charge in [-0.25, -0.2) is 4.98 Å². The standard InChI is InChI=1S/C24H29N5O3S/c30-24(20-9-11-21(12-10-20)29-19-25-22-7-3-4-8-23(22)29)26-15-17-28(18-16-26)33(31,32)27-13-5-1-2-6-14-27/h3-4,7-12,19H,1-2,5-6,13-18H2. The molecule has 0 saturated carbocycles. The molecule has 5 rings (SSSR count). The molecular weight excluding hydrogens is 438 g/mol. The Balaban J connectivity index is 1.24. The van der Waals surface area contributed by atoms with Crippen LogP contribution in [0.3, 0.4) is 0 Å². The number of benzene rings is 2. The van der Waals surface area contributed by atoms with Gasteiger partial charge in [-0.2, -0.15) is 17.0 Å². The van der Waals surface area contributed by atoms with Crippen LogP contribution in [0.4, 0.5) is 0 Å². The van der Waals surface area contributed by atoms with Crippen molar-refractivity contribution < 1.29 is 13.2 Å². The van der Waals surface area contributed by atoms with Crippen molar-refractivity contribution in [2.45, 2.75) is 25.7 Å². The van der Waals surface area contributed by atoms with Gasteiger partial charge in [0.2, 0.25) is 0 Å². The van der Waals surface area contributed by atoms with Gasteiger partial charge in [0.05, 0.1) is 11.0 Å². The van der Waals surface area contributed by atoms with Crippen molar-refractivity contribution in [2.75, 3.05) is 39.3 Å². The Hall–Kier alpha value is -2.75. The highest BCUT2D eigenvalue weighted by Crippen LogP contribution is 2.21. The fraction of sp³-hybridized carbons (Fsp3) is 0.417. The number of carbonyl (C=O) groups is 1. The van der Waals surface area contributed by atoms with E-state index in [0.29, 0.717) is 44.8 Å². The number of rotatable bonds is 4. The first-order valence-corrected chi connectivity index (χ1v) is 13.0. The van der Waals surface area contributed by atoms with E-state index in [-0.39, 0.29) is 5.91 Å². The summed E-state index contributed by atoms with van der Waals surface area (Å²) in [6.07, 6.45) is 5.80. The average Bonchev–Trinajstić information content (AvgIpc) is 3.08. The number of nitrogens with zero attached hydrogens (tertiary/aromatic N) is 5. The number of fused-ring (bicyclic) bond motifs is 1. The molecule has 33 heavy (non-hydrogen) atoms. The largest absolute Gasteiger partial charge is 0.336 e. The molecule has 3 aromatic rings. The predicted octanol–water partition coefficient (Wildman–Crippen LogP) is 2.90. The van der Waals surface area contributed by atoms with E-state index in [4.69, 9.17) is 0 Å². The smallest absolute Gasteiger partial charge is 0.282 e. The fourth-order valence-corrected chi connectivity index (χ4v) is 6.34. The van der Waals surface area contributed by atoms with Crippen LogP contribution >= 0.6 is 0 Å².